The van der Waals surface area contributed by atoms with Gasteiger partial charge in [-0.15, -0.1) is 0 Å². The van der Waals surface area contributed by atoms with Crippen LogP contribution in [-0.2, 0) is 4.79 Å². The molecule has 0 radical (unpaired) electrons. The first-order valence-corrected chi connectivity index (χ1v) is 4.98. The third-order valence-corrected chi connectivity index (χ3v) is 2.38. The predicted octanol–water partition coefficient (Wildman–Crippen LogP) is 2.04. The molecular weight excluding hydrogens is 150 g/mol. The Balaban J connectivity index is 2.10. The van der Waals surface area contributed by atoms with E-state index in [-0.39, 0.29) is 0 Å². The lowest BCUT2D eigenvalue weighted by molar-refractivity contribution is -0.127. The second-order valence-electron chi connectivity index (χ2n) is 4.02. The molecule has 1 fully saturated rings. The number of hydrogen-bond donors (Lipinski definition) is 0. The summed E-state index contributed by atoms with van der Waals surface area (Å²) in [7, 11) is 0. The Bertz CT molecular complexity index is 154. The summed E-state index contributed by atoms with van der Waals surface area (Å²) < 4.78 is 0. The summed E-state index contributed by atoms with van der Waals surface area (Å²) in [5.74, 6) is 1.13. The highest BCUT2D eigenvalue weighted by Crippen LogP contribution is 2.12. The maximum absolute atomic E-state index is 11.2. The van der Waals surface area contributed by atoms with Gasteiger partial charge >= 0.3 is 0 Å². The van der Waals surface area contributed by atoms with E-state index in [1.54, 1.807) is 0 Å². The summed E-state index contributed by atoms with van der Waals surface area (Å²) >= 11 is 0. The Morgan fingerprint density at radius 2 is 2.25 bits per heavy atom. The molecule has 0 N–H and O–H groups in total. The first-order valence-electron chi connectivity index (χ1n) is 4.98. The molecular formula is C10H19NO. The zero-order chi connectivity index (χ0) is 8.97. The summed E-state index contributed by atoms with van der Waals surface area (Å²) in [4.78, 5) is 13.2. The standard InChI is InChI=1S/C10H19NO/c1-9(2)5-3-7-11-8-4-6-10(11)12/h9H,3-8H2,1-2H3. The van der Waals surface area contributed by atoms with Crippen molar-refractivity contribution in [1.29, 1.82) is 0 Å². The first-order chi connectivity index (χ1) is 5.70. The van der Waals surface area contributed by atoms with Crippen molar-refractivity contribution in [3.63, 3.8) is 0 Å². The number of carbonyl (C=O) groups excluding carboxylic acids is 1. The van der Waals surface area contributed by atoms with Gasteiger partial charge in [0.05, 0.1) is 0 Å². The van der Waals surface area contributed by atoms with Crippen molar-refractivity contribution in [2.24, 2.45) is 5.92 Å². The normalized spacial score (nSPS) is 17.9. The minimum absolute atomic E-state index is 0.360. The molecule has 0 unspecified atom stereocenters. The van der Waals surface area contributed by atoms with E-state index in [2.05, 4.69) is 13.8 Å². The van der Waals surface area contributed by atoms with Gasteiger partial charge < -0.3 is 4.90 Å². The minimum atomic E-state index is 0.360. The number of amides is 1. The molecule has 2 nitrogen and oxygen atoms in total. The zero-order valence-corrected chi connectivity index (χ0v) is 8.18. The minimum Gasteiger partial charge on any atom is -0.343 e. The SMILES string of the molecule is CC(C)CCCN1CCCC1=O. The number of carbonyl (C=O) groups is 1. The molecule has 0 aromatic rings. The highest BCUT2D eigenvalue weighted by molar-refractivity contribution is 5.77. The Kier molecular flexibility index (Phi) is 3.57. The van der Waals surface area contributed by atoms with Crippen molar-refractivity contribution in [1.82, 2.24) is 4.90 Å². The van der Waals surface area contributed by atoms with Gasteiger partial charge in [0.2, 0.25) is 5.91 Å². The maximum Gasteiger partial charge on any atom is 0.222 e. The average molecular weight is 169 g/mol. The van der Waals surface area contributed by atoms with E-state index < -0.39 is 0 Å². The first kappa shape index (κ1) is 9.56. The highest BCUT2D eigenvalue weighted by atomic mass is 16.2. The lowest BCUT2D eigenvalue weighted by atomic mass is 10.1. The summed E-state index contributed by atoms with van der Waals surface area (Å²) in [6.45, 7) is 6.44. The van der Waals surface area contributed by atoms with Crippen molar-refractivity contribution in [2.75, 3.05) is 13.1 Å². The fourth-order valence-electron chi connectivity index (χ4n) is 1.63. The second-order valence-corrected chi connectivity index (χ2v) is 4.02. The van der Waals surface area contributed by atoms with Crippen LogP contribution >= 0.6 is 0 Å². The largest absolute Gasteiger partial charge is 0.343 e. The van der Waals surface area contributed by atoms with Crippen LogP contribution in [0.1, 0.15) is 39.5 Å². The van der Waals surface area contributed by atoms with Gasteiger partial charge in [-0.2, -0.15) is 0 Å². The maximum atomic E-state index is 11.2. The quantitative estimate of drug-likeness (QED) is 0.630. The molecule has 2 heteroatoms. The molecule has 1 heterocycles. The molecule has 0 atom stereocenters. The molecule has 1 aliphatic heterocycles. The topological polar surface area (TPSA) is 20.3 Å². The van der Waals surface area contributed by atoms with Crippen LogP contribution in [0.3, 0.4) is 0 Å². The van der Waals surface area contributed by atoms with Crippen LogP contribution in [0.25, 0.3) is 0 Å². The van der Waals surface area contributed by atoms with E-state index in [9.17, 15) is 4.79 Å². The predicted molar refractivity (Wildman–Crippen MR) is 49.9 cm³/mol. The number of nitrogens with zero attached hydrogens (tertiary/aromatic N) is 1. The fraction of sp³-hybridized carbons (Fsp3) is 0.900. The van der Waals surface area contributed by atoms with Crippen molar-refractivity contribution < 1.29 is 4.79 Å². The van der Waals surface area contributed by atoms with Crippen molar-refractivity contribution in [2.45, 2.75) is 39.5 Å². The molecule has 70 valence electrons. The van der Waals surface area contributed by atoms with Crippen LogP contribution in [-0.4, -0.2) is 23.9 Å². The highest BCUT2D eigenvalue weighted by Gasteiger charge is 2.18. The van der Waals surface area contributed by atoms with Crippen molar-refractivity contribution >= 4 is 5.91 Å². The van der Waals surface area contributed by atoms with Crippen LogP contribution in [0.15, 0.2) is 0 Å². The average Bonchev–Trinajstić information content (AvgIpc) is 2.36. The number of hydrogen-bond acceptors (Lipinski definition) is 1. The Hall–Kier alpha value is -0.530. The third-order valence-electron chi connectivity index (χ3n) is 2.38. The summed E-state index contributed by atoms with van der Waals surface area (Å²) in [6, 6.07) is 0. The van der Waals surface area contributed by atoms with Crippen molar-refractivity contribution in [3.8, 4) is 0 Å². The van der Waals surface area contributed by atoms with Gasteiger partial charge in [0, 0.05) is 19.5 Å². The fourth-order valence-corrected chi connectivity index (χ4v) is 1.63. The van der Waals surface area contributed by atoms with Gasteiger partial charge in [-0.25, -0.2) is 0 Å². The number of rotatable bonds is 4. The molecule has 1 aliphatic rings. The van der Waals surface area contributed by atoms with Crippen LogP contribution in [0.5, 0.6) is 0 Å². The van der Waals surface area contributed by atoms with E-state index in [1.165, 1.54) is 12.8 Å². The molecule has 0 aromatic carbocycles. The van der Waals surface area contributed by atoms with E-state index in [0.29, 0.717) is 5.91 Å². The smallest absolute Gasteiger partial charge is 0.222 e. The van der Waals surface area contributed by atoms with Gasteiger partial charge in [-0.3, -0.25) is 4.79 Å². The Morgan fingerprint density at radius 3 is 2.75 bits per heavy atom. The van der Waals surface area contributed by atoms with Gasteiger partial charge in [-0.05, 0) is 25.2 Å². The Morgan fingerprint density at radius 1 is 1.50 bits per heavy atom. The lowest BCUT2D eigenvalue weighted by Gasteiger charge is -2.15. The molecule has 1 saturated heterocycles. The van der Waals surface area contributed by atoms with E-state index in [4.69, 9.17) is 0 Å². The molecule has 0 aromatic heterocycles. The van der Waals surface area contributed by atoms with Crippen LogP contribution in [0.4, 0.5) is 0 Å². The summed E-state index contributed by atoms with van der Waals surface area (Å²) in [6.07, 6.45) is 4.26. The van der Waals surface area contributed by atoms with Crippen molar-refractivity contribution in [3.05, 3.63) is 0 Å². The van der Waals surface area contributed by atoms with Gasteiger partial charge in [0.15, 0.2) is 0 Å². The molecule has 0 saturated carbocycles. The second kappa shape index (κ2) is 4.48. The van der Waals surface area contributed by atoms with Gasteiger partial charge in [0.25, 0.3) is 0 Å². The number of likely N-dealkylation sites (tertiary alicyclic amines) is 1. The molecule has 0 spiro atoms. The van der Waals surface area contributed by atoms with Crippen LogP contribution in [0, 0.1) is 5.92 Å². The monoisotopic (exact) mass is 169 g/mol. The molecule has 1 rings (SSSR count). The zero-order valence-electron chi connectivity index (χ0n) is 8.18. The summed E-state index contributed by atoms with van der Waals surface area (Å²) in [5, 5.41) is 0. The van der Waals surface area contributed by atoms with E-state index >= 15 is 0 Å². The van der Waals surface area contributed by atoms with E-state index in [0.717, 1.165) is 31.8 Å². The molecule has 12 heavy (non-hydrogen) atoms. The summed E-state index contributed by atoms with van der Waals surface area (Å²) in [5.41, 5.74) is 0. The lowest BCUT2D eigenvalue weighted by Crippen LogP contribution is -2.25. The van der Waals surface area contributed by atoms with Crippen LogP contribution in [0.2, 0.25) is 0 Å². The molecule has 0 bridgehead atoms. The Labute approximate surface area is 74.9 Å². The van der Waals surface area contributed by atoms with E-state index in [1.807, 2.05) is 4.90 Å². The molecule has 0 aliphatic carbocycles. The van der Waals surface area contributed by atoms with Gasteiger partial charge in [0.1, 0.15) is 0 Å². The van der Waals surface area contributed by atoms with Crippen LogP contribution < -0.4 is 0 Å². The molecule has 1 amide bonds. The third kappa shape index (κ3) is 2.84. The van der Waals surface area contributed by atoms with Gasteiger partial charge in [-0.1, -0.05) is 13.8 Å².